The molecule has 4 rings (SSSR count). The fourth-order valence-corrected chi connectivity index (χ4v) is 4.95. The van der Waals surface area contributed by atoms with Gasteiger partial charge in [-0.1, -0.05) is 6.07 Å². The molecule has 6 nitrogen and oxygen atoms in total. The summed E-state index contributed by atoms with van der Waals surface area (Å²) in [6, 6.07) is 7.59. The minimum Gasteiger partial charge on any atom is -0.347 e. The zero-order chi connectivity index (χ0) is 18.8. The Morgan fingerprint density at radius 3 is 3.11 bits per heavy atom. The van der Waals surface area contributed by atoms with Gasteiger partial charge in [0.05, 0.1) is 21.2 Å². The largest absolute Gasteiger partial charge is 0.347 e. The highest BCUT2D eigenvalue weighted by atomic mass is 79.9. The van der Waals surface area contributed by atoms with Crippen LogP contribution in [0, 0.1) is 0 Å². The van der Waals surface area contributed by atoms with Crippen molar-refractivity contribution in [3.63, 3.8) is 0 Å². The van der Waals surface area contributed by atoms with E-state index in [2.05, 4.69) is 31.3 Å². The van der Waals surface area contributed by atoms with E-state index in [0.717, 1.165) is 40.8 Å². The summed E-state index contributed by atoms with van der Waals surface area (Å²) in [5, 5.41) is 7.49. The number of aromatic nitrogens is 3. The van der Waals surface area contributed by atoms with E-state index >= 15 is 0 Å². The fourth-order valence-electron chi connectivity index (χ4n) is 3.34. The van der Waals surface area contributed by atoms with Crippen LogP contribution in [-0.2, 0) is 19.4 Å². The van der Waals surface area contributed by atoms with E-state index in [1.807, 2.05) is 35.1 Å². The first kappa shape index (κ1) is 18.3. The molecule has 1 aliphatic heterocycles. The SMILES string of the molecule is NC[C@H](Cc1ccccn1)NC(=O)c1cc2c(s1)CCCn1ncc(Br)c1-2. The van der Waals surface area contributed by atoms with E-state index < -0.39 is 0 Å². The van der Waals surface area contributed by atoms with Crippen LogP contribution in [0.15, 0.2) is 41.1 Å². The van der Waals surface area contributed by atoms with Gasteiger partial charge >= 0.3 is 0 Å². The zero-order valence-electron chi connectivity index (χ0n) is 14.7. The number of pyridine rings is 1. The van der Waals surface area contributed by atoms with Gasteiger partial charge in [0.1, 0.15) is 0 Å². The summed E-state index contributed by atoms with van der Waals surface area (Å²) in [5.74, 6) is -0.0818. The molecule has 1 amide bonds. The number of aryl methyl sites for hydroxylation is 2. The Bertz CT molecular complexity index is 952. The molecular formula is C19H20BrN5OS. The molecule has 3 aromatic rings. The van der Waals surface area contributed by atoms with Crippen molar-refractivity contribution in [1.29, 1.82) is 0 Å². The quantitative estimate of drug-likeness (QED) is 0.631. The molecular weight excluding hydrogens is 426 g/mol. The van der Waals surface area contributed by atoms with Gasteiger partial charge in [0.25, 0.3) is 5.91 Å². The number of nitrogens with one attached hydrogen (secondary N) is 1. The predicted octanol–water partition coefficient (Wildman–Crippen LogP) is 3.02. The maximum atomic E-state index is 12.8. The van der Waals surface area contributed by atoms with Crippen molar-refractivity contribution in [2.24, 2.45) is 5.73 Å². The monoisotopic (exact) mass is 445 g/mol. The maximum absolute atomic E-state index is 12.8. The lowest BCUT2D eigenvalue weighted by molar-refractivity contribution is 0.0942. The molecule has 27 heavy (non-hydrogen) atoms. The lowest BCUT2D eigenvalue weighted by Crippen LogP contribution is -2.41. The van der Waals surface area contributed by atoms with E-state index in [0.29, 0.717) is 17.8 Å². The van der Waals surface area contributed by atoms with Crippen LogP contribution in [0.4, 0.5) is 0 Å². The minimum atomic E-state index is -0.147. The smallest absolute Gasteiger partial charge is 0.261 e. The third kappa shape index (κ3) is 3.83. The average Bonchev–Trinajstić information content (AvgIpc) is 3.21. The van der Waals surface area contributed by atoms with E-state index in [9.17, 15) is 4.79 Å². The van der Waals surface area contributed by atoms with Crippen LogP contribution in [0.5, 0.6) is 0 Å². The van der Waals surface area contributed by atoms with Crippen LogP contribution < -0.4 is 11.1 Å². The number of carbonyl (C=O) groups excluding carboxylic acids is 1. The summed E-state index contributed by atoms with van der Waals surface area (Å²) in [6.45, 7) is 1.26. The molecule has 3 aromatic heterocycles. The van der Waals surface area contributed by atoms with E-state index in [-0.39, 0.29) is 11.9 Å². The van der Waals surface area contributed by atoms with Gasteiger partial charge in [0, 0.05) is 47.9 Å². The molecule has 140 valence electrons. The van der Waals surface area contributed by atoms with Gasteiger partial charge in [-0.05, 0) is 47.0 Å². The summed E-state index contributed by atoms with van der Waals surface area (Å²) in [5.41, 5.74) is 8.95. The third-order valence-corrected chi connectivity index (χ3v) is 6.43. The fraction of sp³-hybridized carbons (Fsp3) is 0.316. The third-order valence-electron chi connectivity index (χ3n) is 4.66. The summed E-state index contributed by atoms with van der Waals surface area (Å²) in [7, 11) is 0. The average molecular weight is 446 g/mol. The summed E-state index contributed by atoms with van der Waals surface area (Å²) < 4.78 is 2.97. The number of rotatable bonds is 5. The number of nitrogens with zero attached hydrogens (tertiary/aromatic N) is 3. The van der Waals surface area contributed by atoms with Crippen LogP contribution in [0.3, 0.4) is 0 Å². The Labute approximate surface area is 169 Å². The Hall–Kier alpha value is -2.03. The first-order valence-electron chi connectivity index (χ1n) is 8.91. The Kier molecular flexibility index (Phi) is 5.38. The van der Waals surface area contributed by atoms with Crippen LogP contribution >= 0.6 is 27.3 Å². The van der Waals surface area contributed by atoms with Gasteiger partial charge in [-0.2, -0.15) is 5.10 Å². The van der Waals surface area contributed by atoms with Crippen molar-refractivity contribution in [3.8, 4) is 11.3 Å². The lowest BCUT2D eigenvalue weighted by Gasteiger charge is -2.15. The molecule has 0 fully saturated rings. The highest BCUT2D eigenvalue weighted by Crippen LogP contribution is 2.38. The van der Waals surface area contributed by atoms with Gasteiger partial charge < -0.3 is 11.1 Å². The van der Waals surface area contributed by atoms with Gasteiger partial charge in [0.15, 0.2) is 0 Å². The number of halogens is 1. The van der Waals surface area contributed by atoms with Crippen molar-refractivity contribution >= 4 is 33.2 Å². The van der Waals surface area contributed by atoms with Crippen LogP contribution in [0.1, 0.15) is 26.7 Å². The zero-order valence-corrected chi connectivity index (χ0v) is 17.1. The standard InChI is InChI=1S/C19H20BrN5OS/c20-15-11-23-25-7-3-5-16-14(18(15)25)9-17(27-16)19(26)24-13(10-21)8-12-4-1-2-6-22-12/h1-2,4,6,9,11,13H,3,5,7-8,10,21H2,(H,24,26)/t13-/m0/s1. The van der Waals surface area contributed by atoms with Crippen LogP contribution in [-0.4, -0.2) is 33.3 Å². The predicted molar refractivity (Wildman–Crippen MR) is 110 cm³/mol. The molecule has 1 aliphatic rings. The molecule has 0 aliphatic carbocycles. The molecule has 1 atom stereocenters. The molecule has 8 heteroatoms. The second-order valence-electron chi connectivity index (χ2n) is 6.55. The molecule has 0 saturated heterocycles. The summed E-state index contributed by atoms with van der Waals surface area (Å²) >= 11 is 5.15. The van der Waals surface area contributed by atoms with Crippen molar-refractivity contribution in [1.82, 2.24) is 20.1 Å². The number of hydrogen-bond acceptors (Lipinski definition) is 5. The molecule has 0 bridgehead atoms. The number of hydrogen-bond donors (Lipinski definition) is 2. The minimum absolute atomic E-state index is 0.0818. The van der Waals surface area contributed by atoms with Crippen molar-refractivity contribution in [3.05, 3.63) is 56.6 Å². The molecule has 0 aromatic carbocycles. The molecule has 0 radical (unpaired) electrons. The molecule has 0 spiro atoms. The Morgan fingerprint density at radius 1 is 1.44 bits per heavy atom. The second-order valence-corrected chi connectivity index (χ2v) is 8.54. The first-order valence-corrected chi connectivity index (χ1v) is 10.5. The van der Waals surface area contributed by atoms with Gasteiger partial charge in [-0.25, -0.2) is 0 Å². The number of carbonyl (C=O) groups is 1. The maximum Gasteiger partial charge on any atom is 0.261 e. The first-order chi connectivity index (χ1) is 13.2. The molecule has 4 heterocycles. The van der Waals surface area contributed by atoms with Gasteiger partial charge in [-0.15, -0.1) is 11.3 Å². The van der Waals surface area contributed by atoms with Crippen molar-refractivity contribution < 1.29 is 4.79 Å². The summed E-state index contributed by atoms with van der Waals surface area (Å²) in [6.07, 6.45) is 6.16. The number of thiophene rings is 1. The number of amides is 1. The van der Waals surface area contributed by atoms with E-state index in [1.54, 1.807) is 17.5 Å². The van der Waals surface area contributed by atoms with Gasteiger partial charge in [0.2, 0.25) is 0 Å². The highest BCUT2D eigenvalue weighted by Gasteiger charge is 2.24. The molecule has 0 unspecified atom stereocenters. The van der Waals surface area contributed by atoms with Crippen LogP contribution in [0.2, 0.25) is 0 Å². The highest BCUT2D eigenvalue weighted by molar-refractivity contribution is 9.10. The van der Waals surface area contributed by atoms with E-state index in [1.165, 1.54) is 4.88 Å². The van der Waals surface area contributed by atoms with Crippen molar-refractivity contribution in [2.45, 2.75) is 31.8 Å². The van der Waals surface area contributed by atoms with Gasteiger partial charge in [-0.3, -0.25) is 14.5 Å². The second kappa shape index (κ2) is 7.92. The Morgan fingerprint density at radius 2 is 2.33 bits per heavy atom. The Balaban J connectivity index is 1.55. The van der Waals surface area contributed by atoms with E-state index in [4.69, 9.17) is 5.73 Å². The molecule has 0 saturated carbocycles. The summed E-state index contributed by atoms with van der Waals surface area (Å²) in [4.78, 5) is 19.1. The number of fused-ring (bicyclic) bond motifs is 3. The van der Waals surface area contributed by atoms with Crippen LogP contribution in [0.25, 0.3) is 11.3 Å². The normalized spacial score (nSPS) is 14.1. The topological polar surface area (TPSA) is 85.8 Å². The van der Waals surface area contributed by atoms with Crippen molar-refractivity contribution in [2.75, 3.05) is 6.54 Å². The lowest BCUT2D eigenvalue weighted by atomic mass is 10.1. The number of nitrogens with two attached hydrogens (primary N) is 1. The molecule has 3 N–H and O–H groups in total.